The van der Waals surface area contributed by atoms with Crippen molar-refractivity contribution in [3.8, 4) is 0 Å². The molecule has 2 aromatic rings. The number of ether oxygens (including phenoxy) is 1. The third-order valence-corrected chi connectivity index (χ3v) is 8.21. The number of aryl methyl sites for hydroxylation is 1. The maximum atomic E-state index is 13.4. The van der Waals surface area contributed by atoms with Crippen LogP contribution in [0.5, 0.6) is 0 Å². The molecular weight excluding hydrogens is 424 g/mol. The molecule has 1 saturated heterocycles. The minimum absolute atomic E-state index is 0.0862. The first-order chi connectivity index (χ1) is 16.7. The van der Waals surface area contributed by atoms with E-state index in [1.54, 1.807) is 0 Å². The van der Waals surface area contributed by atoms with E-state index in [-0.39, 0.29) is 11.3 Å². The average molecular weight is 465 g/mol. The molecule has 1 aromatic heterocycles. The number of fused-ring (bicyclic) bond motifs is 1. The predicted molar refractivity (Wildman–Crippen MR) is 134 cm³/mol. The van der Waals surface area contributed by atoms with E-state index in [0.29, 0.717) is 38.0 Å². The summed E-state index contributed by atoms with van der Waals surface area (Å²) in [6, 6.07) is 11.5. The Hall–Kier alpha value is -2.18. The number of hydrogen-bond acceptors (Lipinski definition) is 4. The van der Waals surface area contributed by atoms with Crippen LogP contribution in [-0.4, -0.2) is 59.5 Å². The number of nitrogens with one attached hydrogen (secondary N) is 1. The van der Waals surface area contributed by atoms with Crippen LogP contribution in [0.1, 0.15) is 79.2 Å². The second kappa shape index (κ2) is 10.6. The van der Waals surface area contributed by atoms with Crippen molar-refractivity contribution in [2.75, 3.05) is 32.8 Å². The summed E-state index contributed by atoms with van der Waals surface area (Å²) in [6.45, 7) is 6.65. The number of carbonyl (C=O) groups excluding carboxylic acids is 1. The molecule has 6 nitrogen and oxygen atoms in total. The molecular formula is C28H40N4O2. The number of amides is 1. The highest BCUT2D eigenvalue weighted by molar-refractivity contribution is 5.94. The molecule has 1 aromatic carbocycles. The van der Waals surface area contributed by atoms with Crippen LogP contribution in [0.25, 0.3) is 0 Å². The van der Waals surface area contributed by atoms with E-state index < -0.39 is 0 Å². The van der Waals surface area contributed by atoms with Gasteiger partial charge in [-0.15, -0.1) is 0 Å². The van der Waals surface area contributed by atoms with Crippen molar-refractivity contribution >= 4 is 5.91 Å². The Morgan fingerprint density at radius 3 is 2.65 bits per heavy atom. The smallest absolute Gasteiger partial charge is 0.274 e. The molecule has 5 rings (SSSR count). The van der Waals surface area contributed by atoms with Crippen molar-refractivity contribution in [1.29, 1.82) is 0 Å². The van der Waals surface area contributed by atoms with E-state index in [9.17, 15) is 4.79 Å². The number of nitrogens with zero attached hydrogens (tertiary/aromatic N) is 3. The van der Waals surface area contributed by atoms with Crippen LogP contribution in [0.3, 0.4) is 0 Å². The molecule has 2 heterocycles. The van der Waals surface area contributed by atoms with Gasteiger partial charge >= 0.3 is 0 Å². The summed E-state index contributed by atoms with van der Waals surface area (Å²) in [7, 11) is 0. The second-order valence-corrected chi connectivity index (χ2v) is 10.4. The third kappa shape index (κ3) is 4.80. The van der Waals surface area contributed by atoms with E-state index in [4.69, 9.17) is 9.84 Å². The van der Waals surface area contributed by atoms with E-state index in [2.05, 4.69) is 47.3 Å². The fourth-order valence-electron chi connectivity index (χ4n) is 6.27. The number of morpholine rings is 1. The van der Waals surface area contributed by atoms with Gasteiger partial charge in [0.25, 0.3) is 5.91 Å². The van der Waals surface area contributed by atoms with Gasteiger partial charge in [-0.2, -0.15) is 5.10 Å². The molecule has 1 aliphatic heterocycles. The van der Waals surface area contributed by atoms with Gasteiger partial charge in [-0.25, -0.2) is 0 Å². The zero-order chi connectivity index (χ0) is 23.4. The molecule has 0 bridgehead atoms. The lowest BCUT2D eigenvalue weighted by Gasteiger charge is -2.40. The van der Waals surface area contributed by atoms with Crippen molar-refractivity contribution < 1.29 is 9.53 Å². The fraction of sp³-hybridized carbons (Fsp3) is 0.643. The predicted octanol–water partition coefficient (Wildman–Crippen LogP) is 4.11. The van der Waals surface area contributed by atoms with Gasteiger partial charge in [0.05, 0.1) is 13.2 Å². The van der Waals surface area contributed by atoms with Gasteiger partial charge in [-0.05, 0) is 44.1 Å². The van der Waals surface area contributed by atoms with Gasteiger partial charge in [0, 0.05) is 48.9 Å². The van der Waals surface area contributed by atoms with Gasteiger partial charge in [0.2, 0.25) is 0 Å². The summed E-state index contributed by atoms with van der Waals surface area (Å²) < 4.78 is 7.58. The lowest BCUT2D eigenvalue weighted by atomic mass is 9.69. The van der Waals surface area contributed by atoms with Gasteiger partial charge in [0.15, 0.2) is 5.69 Å². The first kappa shape index (κ1) is 23.6. The Bertz CT molecular complexity index is 958. The highest BCUT2D eigenvalue weighted by Crippen LogP contribution is 2.39. The molecule has 0 radical (unpaired) electrons. The van der Waals surface area contributed by atoms with Gasteiger partial charge in [0.1, 0.15) is 0 Å². The Balaban J connectivity index is 1.34. The second-order valence-electron chi connectivity index (χ2n) is 10.4. The number of benzene rings is 1. The SMILES string of the molecule is CCCn1nc(C(=O)N2CCOCC2)c2c1CC[C@H](NCC1(c3ccccc3)CCCCC1)C2. The van der Waals surface area contributed by atoms with Crippen molar-refractivity contribution in [2.24, 2.45) is 0 Å². The average Bonchev–Trinajstić information content (AvgIpc) is 3.26. The lowest BCUT2D eigenvalue weighted by molar-refractivity contribution is 0.0297. The normalized spacial score (nSPS) is 22.4. The highest BCUT2D eigenvalue weighted by atomic mass is 16.5. The maximum Gasteiger partial charge on any atom is 0.274 e. The first-order valence-corrected chi connectivity index (χ1v) is 13.4. The van der Waals surface area contributed by atoms with Gasteiger partial charge < -0.3 is 15.0 Å². The third-order valence-electron chi connectivity index (χ3n) is 8.21. The fourth-order valence-corrected chi connectivity index (χ4v) is 6.27. The van der Waals surface area contributed by atoms with Gasteiger partial charge in [-0.1, -0.05) is 56.5 Å². The molecule has 2 aliphatic carbocycles. The Kier molecular flexibility index (Phi) is 7.35. The minimum Gasteiger partial charge on any atom is -0.378 e. The molecule has 1 atom stereocenters. The van der Waals surface area contributed by atoms with Crippen LogP contribution in [0.15, 0.2) is 30.3 Å². The van der Waals surface area contributed by atoms with E-state index in [0.717, 1.165) is 38.8 Å². The van der Waals surface area contributed by atoms with Crippen molar-refractivity contribution in [1.82, 2.24) is 20.0 Å². The molecule has 1 amide bonds. The van der Waals surface area contributed by atoms with E-state index in [1.165, 1.54) is 48.9 Å². The Morgan fingerprint density at radius 1 is 1.15 bits per heavy atom. The summed E-state index contributed by atoms with van der Waals surface area (Å²) in [5.74, 6) is 0.0862. The summed E-state index contributed by atoms with van der Waals surface area (Å²) in [5, 5.41) is 8.84. The largest absolute Gasteiger partial charge is 0.378 e. The van der Waals surface area contributed by atoms with Gasteiger partial charge in [-0.3, -0.25) is 9.48 Å². The van der Waals surface area contributed by atoms with Crippen molar-refractivity contribution in [3.63, 3.8) is 0 Å². The number of aromatic nitrogens is 2. The lowest BCUT2D eigenvalue weighted by Crippen LogP contribution is -2.46. The quantitative estimate of drug-likeness (QED) is 0.670. The molecule has 0 unspecified atom stereocenters. The summed E-state index contributed by atoms with van der Waals surface area (Å²) in [5.41, 5.74) is 4.88. The molecule has 3 aliphatic rings. The topological polar surface area (TPSA) is 59.4 Å². The van der Waals surface area contributed by atoms with Crippen LogP contribution in [-0.2, 0) is 29.5 Å². The monoisotopic (exact) mass is 464 g/mol. The van der Waals surface area contributed by atoms with Crippen molar-refractivity contribution in [3.05, 3.63) is 52.8 Å². The van der Waals surface area contributed by atoms with Crippen LogP contribution in [0, 0.1) is 0 Å². The van der Waals surface area contributed by atoms with E-state index in [1.807, 2.05) is 4.90 Å². The standard InChI is InChI=1S/C28H40N4O2/c1-2-15-32-25-12-11-23(20-24(25)26(30-32)27(33)31-16-18-34-19-17-31)29-21-28(13-7-4-8-14-28)22-9-5-3-6-10-22/h3,5-6,9-10,23,29H,2,4,7-8,11-21H2,1H3/t23-/m0/s1. The zero-order valence-electron chi connectivity index (χ0n) is 20.7. The zero-order valence-corrected chi connectivity index (χ0v) is 20.7. The first-order valence-electron chi connectivity index (χ1n) is 13.4. The van der Waals surface area contributed by atoms with Crippen LogP contribution in [0.2, 0.25) is 0 Å². The number of carbonyl (C=O) groups is 1. The minimum atomic E-state index is 0.0862. The van der Waals surface area contributed by atoms with Crippen LogP contribution < -0.4 is 5.32 Å². The Morgan fingerprint density at radius 2 is 1.91 bits per heavy atom. The van der Waals surface area contributed by atoms with Crippen molar-refractivity contribution in [2.45, 2.75) is 82.7 Å². The summed E-state index contributed by atoms with van der Waals surface area (Å²) in [6.07, 6.45) is 10.5. The molecule has 34 heavy (non-hydrogen) atoms. The molecule has 1 N–H and O–H groups in total. The highest BCUT2D eigenvalue weighted by Gasteiger charge is 2.36. The molecule has 2 fully saturated rings. The van der Waals surface area contributed by atoms with Crippen LogP contribution >= 0.6 is 0 Å². The number of hydrogen-bond donors (Lipinski definition) is 1. The Labute approximate surface area is 204 Å². The maximum absolute atomic E-state index is 13.4. The van der Waals surface area contributed by atoms with Crippen LogP contribution in [0.4, 0.5) is 0 Å². The molecule has 0 spiro atoms. The molecule has 6 heteroatoms. The number of rotatable bonds is 7. The summed E-state index contributed by atoms with van der Waals surface area (Å²) >= 11 is 0. The molecule has 1 saturated carbocycles. The molecule has 184 valence electrons. The van der Waals surface area contributed by atoms with E-state index >= 15 is 0 Å². The summed E-state index contributed by atoms with van der Waals surface area (Å²) in [4.78, 5) is 15.3.